The highest BCUT2D eigenvalue weighted by Gasteiger charge is 2.25. The number of aromatic hydroxyl groups is 1. The number of nitrogens with two attached hydrogens (primary N) is 1. The summed E-state index contributed by atoms with van der Waals surface area (Å²) in [6.07, 6.45) is 6.54. The largest absolute Gasteiger partial charge is 0.504 e. The molecule has 170 valence electrons. The van der Waals surface area contributed by atoms with Crippen molar-refractivity contribution < 1.29 is 19.4 Å². The monoisotopic (exact) mass is 438 g/mol. The third-order valence-corrected chi connectivity index (χ3v) is 5.21. The standard InChI is InChI=1S/C21H24N4O4.C3H6/c1-13-3-2-10-25(13)21(28)14-4-7-16(8-5-14)24-19(27)12-29-18-11-15(20(22)23)6-9-17(18)26;1-2-3-1/h4-9,11,13,26H,2-3,10,12H2,1H3,(H3,22,23)(H,24,27);1-3H2. The van der Waals surface area contributed by atoms with Crippen LogP contribution in [0.3, 0.4) is 0 Å². The number of hydrogen-bond donors (Lipinski definition) is 4. The Morgan fingerprint density at radius 2 is 1.78 bits per heavy atom. The van der Waals surface area contributed by atoms with E-state index in [9.17, 15) is 14.7 Å². The third kappa shape index (κ3) is 6.47. The number of hydrogen-bond acceptors (Lipinski definition) is 5. The lowest BCUT2D eigenvalue weighted by Crippen LogP contribution is -2.33. The first-order valence-electron chi connectivity index (χ1n) is 10.9. The van der Waals surface area contributed by atoms with Gasteiger partial charge in [0.25, 0.3) is 11.8 Å². The second-order valence-corrected chi connectivity index (χ2v) is 8.06. The maximum Gasteiger partial charge on any atom is 0.262 e. The van der Waals surface area contributed by atoms with Gasteiger partial charge < -0.3 is 25.8 Å². The van der Waals surface area contributed by atoms with E-state index < -0.39 is 5.91 Å². The summed E-state index contributed by atoms with van der Waals surface area (Å²) >= 11 is 0. The number of benzene rings is 2. The summed E-state index contributed by atoms with van der Waals surface area (Å²) in [6, 6.07) is 11.2. The number of nitrogens with zero attached hydrogens (tertiary/aromatic N) is 1. The van der Waals surface area contributed by atoms with Gasteiger partial charge in [0, 0.05) is 29.4 Å². The van der Waals surface area contributed by atoms with Crippen LogP contribution in [0.4, 0.5) is 5.69 Å². The molecular weight excluding hydrogens is 408 g/mol. The van der Waals surface area contributed by atoms with Gasteiger partial charge >= 0.3 is 0 Å². The van der Waals surface area contributed by atoms with Crippen molar-refractivity contribution in [3.8, 4) is 11.5 Å². The second-order valence-electron chi connectivity index (χ2n) is 8.06. The second kappa shape index (κ2) is 10.7. The third-order valence-electron chi connectivity index (χ3n) is 5.21. The van der Waals surface area contributed by atoms with Gasteiger partial charge in [0.05, 0.1) is 0 Å². The molecule has 4 rings (SSSR count). The molecule has 0 bridgehead atoms. The van der Waals surface area contributed by atoms with E-state index >= 15 is 0 Å². The number of amidine groups is 1. The molecule has 1 saturated carbocycles. The number of ether oxygens (including phenoxy) is 1. The molecule has 1 aliphatic carbocycles. The zero-order chi connectivity index (χ0) is 23.1. The number of carbonyl (C=O) groups excluding carboxylic acids is 2. The minimum Gasteiger partial charge on any atom is -0.504 e. The molecule has 1 atom stereocenters. The fourth-order valence-corrected chi connectivity index (χ4v) is 3.23. The first kappa shape index (κ1) is 23.1. The molecule has 0 radical (unpaired) electrons. The molecule has 2 aliphatic rings. The fraction of sp³-hybridized carbons (Fsp3) is 0.375. The van der Waals surface area contributed by atoms with Crippen LogP contribution in [0.15, 0.2) is 42.5 Å². The summed E-state index contributed by atoms with van der Waals surface area (Å²) in [5, 5.41) is 19.9. The van der Waals surface area contributed by atoms with E-state index in [2.05, 4.69) is 5.32 Å². The van der Waals surface area contributed by atoms with Gasteiger partial charge in [-0.1, -0.05) is 19.3 Å². The average molecular weight is 439 g/mol. The number of amides is 2. The highest BCUT2D eigenvalue weighted by molar-refractivity contribution is 5.97. The number of nitrogen functional groups attached to an aromatic ring is 1. The van der Waals surface area contributed by atoms with Crippen LogP contribution in [0, 0.1) is 5.41 Å². The molecule has 1 aliphatic heterocycles. The van der Waals surface area contributed by atoms with E-state index in [1.54, 1.807) is 24.3 Å². The van der Waals surface area contributed by atoms with Gasteiger partial charge in [0.15, 0.2) is 18.1 Å². The van der Waals surface area contributed by atoms with E-state index in [0.29, 0.717) is 16.8 Å². The van der Waals surface area contributed by atoms with Crippen LogP contribution in [0.5, 0.6) is 11.5 Å². The van der Waals surface area contributed by atoms with Crippen molar-refractivity contribution in [2.45, 2.75) is 45.1 Å². The summed E-state index contributed by atoms with van der Waals surface area (Å²) < 4.78 is 5.33. The number of rotatable bonds is 6. The molecule has 2 amide bonds. The molecule has 2 fully saturated rings. The molecule has 8 nitrogen and oxygen atoms in total. The minimum absolute atomic E-state index is 0.00274. The molecule has 2 aromatic rings. The Bertz CT molecular complexity index is 970. The van der Waals surface area contributed by atoms with Gasteiger partial charge in [-0.15, -0.1) is 0 Å². The summed E-state index contributed by atoms with van der Waals surface area (Å²) in [4.78, 5) is 26.5. The quantitative estimate of drug-likeness (QED) is 0.405. The van der Waals surface area contributed by atoms with Crippen molar-refractivity contribution in [2.75, 3.05) is 18.5 Å². The summed E-state index contributed by atoms with van der Waals surface area (Å²) in [5.74, 6) is -0.686. The Morgan fingerprint density at radius 3 is 2.34 bits per heavy atom. The fourth-order valence-electron chi connectivity index (χ4n) is 3.23. The van der Waals surface area contributed by atoms with Gasteiger partial charge in [-0.05, 0) is 62.2 Å². The topological polar surface area (TPSA) is 129 Å². The van der Waals surface area contributed by atoms with Crippen molar-refractivity contribution >= 4 is 23.3 Å². The summed E-state index contributed by atoms with van der Waals surface area (Å²) in [6.45, 7) is 2.48. The molecule has 8 heteroatoms. The Morgan fingerprint density at radius 1 is 1.12 bits per heavy atom. The zero-order valence-electron chi connectivity index (χ0n) is 18.3. The van der Waals surface area contributed by atoms with E-state index in [1.165, 1.54) is 37.5 Å². The van der Waals surface area contributed by atoms with Crippen LogP contribution >= 0.6 is 0 Å². The highest BCUT2D eigenvalue weighted by Crippen LogP contribution is 2.26. The van der Waals surface area contributed by atoms with Crippen molar-refractivity contribution in [1.29, 1.82) is 5.41 Å². The van der Waals surface area contributed by atoms with Crippen molar-refractivity contribution in [3.63, 3.8) is 0 Å². The first-order chi connectivity index (χ1) is 15.3. The normalized spacial score (nSPS) is 16.5. The lowest BCUT2D eigenvalue weighted by molar-refractivity contribution is -0.118. The SMILES string of the molecule is C1CC1.CC1CCCN1C(=O)c1ccc(NC(=O)COc2cc(C(=N)N)ccc2O)cc1. The number of phenolic OH excluding ortho intramolecular Hbond substituents is 1. The van der Waals surface area contributed by atoms with E-state index in [0.717, 1.165) is 19.4 Å². The van der Waals surface area contributed by atoms with Crippen LogP contribution in [0.1, 0.15) is 54.9 Å². The molecule has 0 aromatic heterocycles. The number of phenols is 1. The summed E-state index contributed by atoms with van der Waals surface area (Å²) in [7, 11) is 0. The van der Waals surface area contributed by atoms with E-state index in [1.807, 2.05) is 11.8 Å². The van der Waals surface area contributed by atoms with Crippen molar-refractivity contribution in [3.05, 3.63) is 53.6 Å². The highest BCUT2D eigenvalue weighted by atomic mass is 16.5. The molecule has 1 unspecified atom stereocenters. The predicted octanol–water partition coefficient (Wildman–Crippen LogP) is 3.49. The predicted molar refractivity (Wildman–Crippen MR) is 123 cm³/mol. The lowest BCUT2D eigenvalue weighted by Gasteiger charge is -2.21. The molecule has 1 saturated heterocycles. The molecule has 32 heavy (non-hydrogen) atoms. The van der Waals surface area contributed by atoms with Crippen LogP contribution in [-0.2, 0) is 4.79 Å². The average Bonchev–Trinajstić information content (AvgIpc) is 3.60. The number of carbonyl (C=O) groups is 2. The maximum absolute atomic E-state index is 12.5. The Kier molecular flexibility index (Phi) is 7.70. The molecular formula is C24H30N4O4. The molecule has 0 spiro atoms. The molecule has 2 aromatic carbocycles. The van der Waals surface area contributed by atoms with E-state index in [4.69, 9.17) is 15.9 Å². The zero-order valence-corrected chi connectivity index (χ0v) is 18.3. The maximum atomic E-state index is 12.5. The van der Waals surface area contributed by atoms with Gasteiger partial charge in [0.2, 0.25) is 0 Å². The first-order valence-corrected chi connectivity index (χ1v) is 10.9. The molecule has 5 N–H and O–H groups in total. The van der Waals surface area contributed by atoms with Crippen LogP contribution in [0.2, 0.25) is 0 Å². The number of nitrogens with one attached hydrogen (secondary N) is 2. The Hall–Kier alpha value is -3.55. The molecule has 1 heterocycles. The Balaban J connectivity index is 0.000000887. The van der Waals surface area contributed by atoms with Crippen LogP contribution < -0.4 is 15.8 Å². The smallest absolute Gasteiger partial charge is 0.262 e. The van der Waals surface area contributed by atoms with Gasteiger partial charge in [-0.3, -0.25) is 15.0 Å². The van der Waals surface area contributed by atoms with Crippen molar-refractivity contribution in [1.82, 2.24) is 4.90 Å². The van der Waals surface area contributed by atoms with E-state index in [-0.39, 0.29) is 35.9 Å². The number of likely N-dealkylation sites (tertiary alicyclic amines) is 1. The van der Waals surface area contributed by atoms with Gasteiger partial charge in [-0.25, -0.2) is 0 Å². The lowest BCUT2D eigenvalue weighted by atomic mass is 10.1. The van der Waals surface area contributed by atoms with Gasteiger partial charge in [-0.2, -0.15) is 0 Å². The van der Waals surface area contributed by atoms with Gasteiger partial charge in [0.1, 0.15) is 5.84 Å². The van der Waals surface area contributed by atoms with Crippen molar-refractivity contribution in [2.24, 2.45) is 5.73 Å². The number of anilines is 1. The minimum atomic E-state index is -0.426. The summed E-state index contributed by atoms with van der Waals surface area (Å²) in [5.41, 5.74) is 6.91. The van der Waals surface area contributed by atoms with Crippen LogP contribution in [-0.4, -0.2) is 46.8 Å². The Labute approximate surface area is 187 Å². The van der Waals surface area contributed by atoms with Crippen LogP contribution in [0.25, 0.3) is 0 Å².